The van der Waals surface area contributed by atoms with Gasteiger partial charge in [0.2, 0.25) is 0 Å². The highest BCUT2D eigenvalue weighted by molar-refractivity contribution is 8.13. The lowest BCUT2D eigenvalue weighted by Crippen LogP contribution is -2.29. The number of rotatable bonds is 4. The number of carbonyl (C=O) groups excluding carboxylic acids is 1. The van der Waals surface area contributed by atoms with Crippen LogP contribution in [0.2, 0.25) is 0 Å². The molecule has 0 aliphatic carbocycles. The summed E-state index contributed by atoms with van der Waals surface area (Å²) in [5.41, 5.74) is 7.33. The van der Waals surface area contributed by atoms with Crippen LogP contribution in [0.25, 0.3) is 0 Å². The fourth-order valence-corrected chi connectivity index (χ4v) is 4.18. The molecule has 3 N–H and O–H groups in total. The number of nitrogens with two attached hydrogens (primary N) is 1. The smallest absolute Gasteiger partial charge is 0.251 e. The van der Waals surface area contributed by atoms with Crippen LogP contribution in [0, 0.1) is 0 Å². The molecular weight excluding hydrogens is 326 g/mol. The zero-order valence-electron chi connectivity index (χ0n) is 12.9. The van der Waals surface area contributed by atoms with E-state index in [9.17, 15) is 4.79 Å². The average molecular weight is 345 g/mol. The molecule has 0 fully saturated rings. The molecule has 2 heterocycles. The van der Waals surface area contributed by atoms with Crippen LogP contribution in [0.5, 0.6) is 0 Å². The summed E-state index contributed by atoms with van der Waals surface area (Å²) in [5.74, 6) is 0.909. The molecule has 1 unspecified atom stereocenters. The van der Waals surface area contributed by atoms with Crippen LogP contribution in [-0.2, 0) is 12.1 Å². The number of thioether (sulfide) groups is 1. The van der Waals surface area contributed by atoms with Crippen molar-refractivity contribution < 1.29 is 4.79 Å². The van der Waals surface area contributed by atoms with Gasteiger partial charge in [0.05, 0.1) is 12.1 Å². The minimum absolute atomic E-state index is 0.0580. The minimum atomic E-state index is -0.290. The van der Waals surface area contributed by atoms with Crippen molar-refractivity contribution in [1.82, 2.24) is 5.32 Å². The first-order valence-electron chi connectivity index (χ1n) is 7.46. The lowest BCUT2D eigenvalue weighted by molar-refractivity contribution is 0.0951. The molecule has 0 bridgehead atoms. The lowest BCUT2D eigenvalue weighted by Gasteiger charge is -2.29. The quantitative estimate of drug-likeness (QED) is 0.893. The van der Waals surface area contributed by atoms with Gasteiger partial charge in [0.1, 0.15) is 0 Å². The lowest BCUT2D eigenvalue weighted by atomic mass is 9.89. The van der Waals surface area contributed by atoms with Crippen molar-refractivity contribution in [3.8, 4) is 0 Å². The Balaban J connectivity index is 1.69. The third-order valence-electron chi connectivity index (χ3n) is 3.97. The number of thiophene rings is 1. The van der Waals surface area contributed by atoms with Crippen LogP contribution in [0.4, 0.5) is 0 Å². The van der Waals surface area contributed by atoms with Crippen molar-refractivity contribution in [2.45, 2.75) is 25.4 Å². The van der Waals surface area contributed by atoms with E-state index in [2.05, 4.69) is 17.2 Å². The van der Waals surface area contributed by atoms with Crippen molar-refractivity contribution in [3.05, 3.63) is 57.8 Å². The molecule has 3 rings (SSSR count). The minimum Gasteiger partial charge on any atom is -0.379 e. The fraction of sp³-hybridized carbons (Fsp3) is 0.294. The maximum Gasteiger partial charge on any atom is 0.251 e. The average Bonchev–Trinajstić information content (AvgIpc) is 3.06. The van der Waals surface area contributed by atoms with E-state index in [0.29, 0.717) is 17.3 Å². The summed E-state index contributed by atoms with van der Waals surface area (Å²) in [7, 11) is 0. The molecule has 23 heavy (non-hydrogen) atoms. The Kier molecular flexibility index (Phi) is 4.73. The van der Waals surface area contributed by atoms with Gasteiger partial charge in [0, 0.05) is 16.2 Å². The summed E-state index contributed by atoms with van der Waals surface area (Å²) >= 11 is 3.23. The Morgan fingerprint density at radius 1 is 1.35 bits per heavy atom. The molecule has 0 saturated heterocycles. The van der Waals surface area contributed by atoms with Gasteiger partial charge in [0.15, 0.2) is 5.17 Å². The molecule has 1 aromatic carbocycles. The standard InChI is InChI=1S/C17H19N3OS2/c1-17(8-10-23-16(18)20-17)13-6-4-12(5-7-13)15(21)19-11-14-3-2-9-22-14/h2-7,9H,8,10-11H2,1H3,(H2,18,20)(H,19,21). The largest absolute Gasteiger partial charge is 0.379 e. The zero-order valence-corrected chi connectivity index (χ0v) is 14.5. The van der Waals surface area contributed by atoms with Crippen molar-refractivity contribution in [2.75, 3.05) is 5.75 Å². The van der Waals surface area contributed by atoms with Crippen LogP contribution in [0.15, 0.2) is 46.8 Å². The van der Waals surface area contributed by atoms with Gasteiger partial charge < -0.3 is 11.1 Å². The Morgan fingerprint density at radius 2 is 2.13 bits per heavy atom. The van der Waals surface area contributed by atoms with Crippen molar-refractivity contribution in [3.63, 3.8) is 0 Å². The normalized spacial score (nSPS) is 20.8. The second-order valence-electron chi connectivity index (χ2n) is 5.66. The van der Waals surface area contributed by atoms with Crippen LogP contribution in [-0.4, -0.2) is 16.8 Å². The number of benzene rings is 1. The van der Waals surface area contributed by atoms with Crippen LogP contribution < -0.4 is 11.1 Å². The topological polar surface area (TPSA) is 67.5 Å². The Labute approximate surface area is 144 Å². The molecule has 120 valence electrons. The van der Waals surface area contributed by atoms with Crippen LogP contribution in [0.3, 0.4) is 0 Å². The van der Waals surface area contributed by atoms with E-state index in [1.165, 1.54) is 0 Å². The van der Waals surface area contributed by atoms with Crippen molar-refractivity contribution in [1.29, 1.82) is 0 Å². The molecule has 6 heteroatoms. The molecule has 0 saturated carbocycles. The molecule has 2 aromatic rings. The summed E-state index contributed by atoms with van der Waals surface area (Å²) in [4.78, 5) is 17.9. The van der Waals surface area contributed by atoms with E-state index in [1.54, 1.807) is 23.1 Å². The van der Waals surface area contributed by atoms with Gasteiger partial charge in [-0.15, -0.1) is 11.3 Å². The summed E-state index contributed by atoms with van der Waals surface area (Å²) in [6.07, 6.45) is 0.947. The van der Waals surface area contributed by atoms with Gasteiger partial charge in [-0.1, -0.05) is 30.0 Å². The number of carbonyl (C=O) groups is 1. The van der Waals surface area contributed by atoms with Gasteiger partial charge in [-0.3, -0.25) is 9.79 Å². The number of nitrogens with one attached hydrogen (secondary N) is 1. The Hall–Kier alpha value is -1.79. The van der Waals surface area contributed by atoms with Crippen LogP contribution >= 0.6 is 23.1 Å². The van der Waals surface area contributed by atoms with Gasteiger partial charge in [-0.25, -0.2) is 0 Å². The number of aliphatic imine (C=N–C) groups is 1. The van der Waals surface area contributed by atoms with Gasteiger partial charge in [-0.05, 0) is 42.5 Å². The number of nitrogens with zero attached hydrogens (tertiary/aromatic N) is 1. The highest BCUT2D eigenvalue weighted by Gasteiger charge is 2.29. The third kappa shape index (κ3) is 3.76. The third-order valence-corrected chi connectivity index (χ3v) is 5.64. The monoisotopic (exact) mass is 345 g/mol. The molecule has 4 nitrogen and oxygen atoms in total. The van der Waals surface area contributed by atoms with E-state index in [1.807, 2.05) is 41.8 Å². The molecule has 0 spiro atoms. The van der Waals surface area contributed by atoms with E-state index in [4.69, 9.17) is 5.73 Å². The van der Waals surface area contributed by atoms with E-state index in [0.717, 1.165) is 22.6 Å². The van der Waals surface area contributed by atoms with E-state index < -0.39 is 0 Å². The first kappa shape index (κ1) is 16.1. The summed E-state index contributed by atoms with van der Waals surface area (Å²) < 4.78 is 0. The number of amides is 1. The summed E-state index contributed by atoms with van der Waals surface area (Å²) in [6.45, 7) is 2.65. The van der Waals surface area contributed by atoms with Crippen molar-refractivity contribution in [2.24, 2.45) is 10.7 Å². The zero-order chi connectivity index (χ0) is 16.3. The molecule has 1 aliphatic heterocycles. The fourth-order valence-electron chi connectivity index (χ4n) is 2.56. The predicted octanol–water partition coefficient (Wildman–Crippen LogP) is 3.34. The molecule has 1 aliphatic rings. The molecular formula is C17H19N3OS2. The number of hydrogen-bond acceptors (Lipinski definition) is 5. The van der Waals surface area contributed by atoms with E-state index >= 15 is 0 Å². The molecule has 1 amide bonds. The highest BCUT2D eigenvalue weighted by Crippen LogP contribution is 2.34. The second kappa shape index (κ2) is 6.76. The van der Waals surface area contributed by atoms with Crippen molar-refractivity contribution >= 4 is 34.2 Å². The van der Waals surface area contributed by atoms with Gasteiger partial charge in [0.25, 0.3) is 5.91 Å². The molecule has 1 aromatic heterocycles. The first-order valence-corrected chi connectivity index (χ1v) is 9.33. The van der Waals surface area contributed by atoms with Gasteiger partial charge in [-0.2, -0.15) is 0 Å². The summed E-state index contributed by atoms with van der Waals surface area (Å²) in [6, 6.07) is 11.7. The first-order chi connectivity index (χ1) is 11.1. The van der Waals surface area contributed by atoms with Crippen LogP contribution in [0.1, 0.15) is 34.1 Å². The molecule has 0 radical (unpaired) electrons. The molecule has 1 atom stereocenters. The maximum atomic E-state index is 12.2. The highest BCUT2D eigenvalue weighted by atomic mass is 32.2. The Morgan fingerprint density at radius 3 is 2.78 bits per heavy atom. The SMILES string of the molecule is CC1(c2ccc(C(=O)NCc3cccs3)cc2)CCSC(N)=N1. The number of hydrogen-bond donors (Lipinski definition) is 2. The summed E-state index contributed by atoms with van der Waals surface area (Å²) in [5, 5.41) is 5.58. The van der Waals surface area contributed by atoms with E-state index in [-0.39, 0.29) is 11.4 Å². The maximum absolute atomic E-state index is 12.2. The second-order valence-corrected chi connectivity index (χ2v) is 7.81. The number of amidine groups is 1. The Bertz CT molecular complexity index is 710. The predicted molar refractivity (Wildman–Crippen MR) is 98.0 cm³/mol. The van der Waals surface area contributed by atoms with Gasteiger partial charge >= 0.3 is 0 Å².